The Hall–Kier alpha value is -3.08. The number of imidazole rings is 1. The molecule has 0 fully saturated rings. The normalized spacial score (nSPS) is 12.2. The third-order valence-electron chi connectivity index (χ3n) is 3.90. The Morgan fingerprint density at radius 1 is 1.11 bits per heavy atom. The van der Waals surface area contributed by atoms with Crippen molar-refractivity contribution in [1.29, 1.82) is 0 Å². The average molecular weight is 415 g/mol. The molecule has 0 saturated heterocycles. The van der Waals surface area contributed by atoms with Crippen LogP contribution in [-0.2, 0) is 16.2 Å². The molecule has 3 rings (SSSR count). The van der Waals surface area contributed by atoms with Gasteiger partial charge in [0.2, 0.25) is 0 Å². The number of aryl methyl sites for hydroxylation is 1. The maximum absolute atomic E-state index is 13.4. The summed E-state index contributed by atoms with van der Waals surface area (Å²) in [5.74, 6) is -1.58. The lowest BCUT2D eigenvalue weighted by Gasteiger charge is -2.15. The fourth-order valence-electron chi connectivity index (χ4n) is 2.60. The molecule has 1 aromatic heterocycles. The van der Waals surface area contributed by atoms with Crippen molar-refractivity contribution in [2.24, 2.45) is 0 Å². The first kappa shape index (κ1) is 19.7. The van der Waals surface area contributed by atoms with Gasteiger partial charge < -0.3 is 4.98 Å². The molecular weight excluding hydrogens is 402 g/mol. The zero-order valence-corrected chi connectivity index (χ0v) is 15.0. The molecule has 0 amide bonds. The van der Waals surface area contributed by atoms with Crippen LogP contribution in [0.3, 0.4) is 0 Å². The minimum Gasteiger partial charge on any atom is -0.312 e. The van der Waals surface area contributed by atoms with Gasteiger partial charge in [-0.15, -0.1) is 0 Å². The first-order chi connectivity index (χ1) is 13.0. The van der Waals surface area contributed by atoms with Crippen molar-refractivity contribution >= 4 is 15.7 Å². The van der Waals surface area contributed by atoms with E-state index < -0.39 is 38.2 Å². The van der Waals surface area contributed by atoms with E-state index in [1.54, 1.807) is 13.0 Å². The van der Waals surface area contributed by atoms with Crippen LogP contribution in [0.25, 0.3) is 5.69 Å². The zero-order chi connectivity index (χ0) is 20.7. The van der Waals surface area contributed by atoms with Crippen molar-refractivity contribution in [2.75, 3.05) is 4.72 Å². The molecule has 11 heteroatoms. The van der Waals surface area contributed by atoms with E-state index in [4.69, 9.17) is 0 Å². The maximum Gasteiger partial charge on any atom is 0.419 e. The van der Waals surface area contributed by atoms with Crippen LogP contribution in [0.5, 0.6) is 0 Å². The highest BCUT2D eigenvalue weighted by molar-refractivity contribution is 7.92. The molecule has 0 aliphatic rings. The van der Waals surface area contributed by atoms with Crippen molar-refractivity contribution in [3.05, 3.63) is 76.2 Å². The number of nitrogens with zero attached hydrogens (tertiary/aromatic N) is 1. The Bertz CT molecular complexity index is 1200. The van der Waals surface area contributed by atoms with Crippen LogP contribution >= 0.6 is 0 Å². The third kappa shape index (κ3) is 3.65. The predicted octanol–water partition coefficient (Wildman–Crippen LogP) is 3.43. The second kappa shape index (κ2) is 6.82. The van der Waals surface area contributed by atoms with Gasteiger partial charge in [-0.05, 0) is 37.3 Å². The summed E-state index contributed by atoms with van der Waals surface area (Å²) in [4.78, 5) is 13.7. The highest BCUT2D eigenvalue weighted by Crippen LogP contribution is 2.33. The number of halogens is 4. The zero-order valence-electron chi connectivity index (χ0n) is 14.2. The molecule has 0 radical (unpaired) electrons. The largest absolute Gasteiger partial charge is 0.419 e. The molecule has 28 heavy (non-hydrogen) atoms. The van der Waals surface area contributed by atoms with Crippen LogP contribution in [0, 0.1) is 12.7 Å². The summed E-state index contributed by atoms with van der Waals surface area (Å²) in [6.45, 7) is 1.61. The number of sulfonamides is 1. The van der Waals surface area contributed by atoms with Crippen LogP contribution in [0.15, 0.2) is 58.4 Å². The van der Waals surface area contributed by atoms with Crippen LogP contribution < -0.4 is 10.4 Å². The van der Waals surface area contributed by atoms with E-state index in [2.05, 4.69) is 9.71 Å². The summed E-state index contributed by atoms with van der Waals surface area (Å²) in [5, 5.41) is 0. The Morgan fingerprint density at radius 3 is 2.39 bits per heavy atom. The van der Waals surface area contributed by atoms with E-state index in [1.165, 1.54) is 29.0 Å². The number of hydrogen-bond acceptors (Lipinski definition) is 3. The van der Waals surface area contributed by atoms with Gasteiger partial charge in [0.05, 0.1) is 21.8 Å². The molecule has 0 unspecified atom stereocenters. The van der Waals surface area contributed by atoms with Gasteiger partial charge in [-0.2, -0.15) is 13.2 Å². The number of hydrogen-bond donors (Lipinski definition) is 2. The lowest BCUT2D eigenvalue weighted by atomic mass is 10.2. The quantitative estimate of drug-likeness (QED) is 0.641. The Morgan fingerprint density at radius 2 is 1.79 bits per heavy atom. The van der Waals surface area contributed by atoms with E-state index in [9.17, 15) is 30.8 Å². The number of nitrogens with one attached hydrogen (secondary N) is 2. The van der Waals surface area contributed by atoms with Crippen LogP contribution in [0.1, 0.15) is 11.3 Å². The minimum absolute atomic E-state index is 0.0369. The highest BCUT2D eigenvalue weighted by Gasteiger charge is 2.35. The molecule has 2 aromatic carbocycles. The molecule has 3 aromatic rings. The van der Waals surface area contributed by atoms with E-state index in [0.717, 1.165) is 6.07 Å². The monoisotopic (exact) mass is 415 g/mol. The summed E-state index contributed by atoms with van der Waals surface area (Å²) < 4.78 is 80.6. The van der Waals surface area contributed by atoms with E-state index in [-0.39, 0.29) is 17.4 Å². The van der Waals surface area contributed by atoms with Gasteiger partial charge in [-0.25, -0.2) is 17.6 Å². The molecular formula is C17H13F4N3O3S. The number of para-hydroxylation sites is 2. The Kier molecular flexibility index (Phi) is 4.79. The fourth-order valence-corrected chi connectivity index (χ4v) is 3.70. The summed E-state index contributed by atoms with van der Waals surface area (Å²) in [7, 11) is -4.49. The van der Waals surface area contributed by atoms with Gasteiger partial charge in [0.1, 0.15) is 5.82 Å². The predicted molar refractivity (Wildman–Crippen MR) is 93.3 cm³/mol. The van der Waals surface area contributed by atoms with Crippen molar-refractivity contribution in [2.45, 2.75) is 18.0 Å². The minimum atomic E-state index is -5.05. The standard InChI is InChI=1S/C17H13F4N3O3S/c1-10-9-22-16(25)24(10)15-5-3-2-4-14(15)23-28(26,27)11-6-7-13(18)12(8-11)17(19,20)21/h2-9,23H,1H3,(H,22,25). The first-order valence-corrected chi connectivity index (χ1v) is 9.25. The summed E-state index contributed by atoms with van der Waals surface area (Å²) >= 11 is 0. The number of aromatic nitrogens is 2. The Labute approximate surface area is 156 Å². The highest BCUT2D eigenvalue weighted by atomic mass is 32.2. The summed E-state index contributed by atoms with van der Waals surface area (Å²) in [6, 6.07) is 7.24. The molecule has 0 atom stereocenters. The van der Waals surface area contributed by atoms with Crippen molar-refractivity contribution < 1.29 is 26.0 Å². The van der Waals surface area contributed by atoms with Gasteiger partial charge in [0.15, 0.2) is 0 Å². The molecule has 6 nitrogen and oxygen atoms in total. The lowest BCUT2D eigenvalue weighted by Crippen LogP contribution is -2.20. The lowest BCUT2D eigenvalue weighted by molar-refractivity contribution is -0.140. The second-order valence-electron chi connectivity index (χ2n) is 5.83. The van der Waals surface area contributed by atoms with Gasteiger partial charge in [0.25, 0.3) is 10.0 Å². The molecule has 1 heterocycles. The molecule has 0 aliphatic heterocycles. The van der Waals surface area contributed by atoms with E-state index in [1.807, 2.05) is 0 Å². The second-order valence-corrected chi connectivity index (χ2v) is 7.52. The number of alkyl halides is 3. The van der Waals surface area contributed by atoms with Crippen LogP contribution in [-0.4, -0.2) is 18.0 Å². The molecule has 2 N–H and O–H groups in total. The van der Waals surface area contributed by atoms with Crippen molar-refractivity contribution in [1.82, 2.24) is 9.55 Å². The van der Waals surface area contributed by atoms with Gasteiger partial charge >= 0.3 is 11.9 Å². The number of H-pyrrole nitrogens is 1. The number of anilines is 1. The number of aromatic amines is 1. The smallest absolute Gasteiger partial charge is 0.312 e. The molecule has 0 bridgehead atoms. The third-order valence-corrected chi connectivity index (χ3v) is 5.27. The van der Waals surface area contributed by atoms with Gasteiger partial charge in [-0.3, -0.25) is 9.29 Å². The number of benzene rings is 2. The molecule has 0 aliphatic carbocycles. The Balaban J connectivity index is 2.07. The summed E-state index contributed by atoms with van der Waals surface area (Å²) in [5.41, 5.74) is -1.59. The molecule has 0 saturated carbocycles. The fraction of sp³-hybridized carbons (Fsp3) is 0.118. The van der Waals surface area contributed by atoms with E-state index in [0.29, 0.717) is 11.8 Å². The van der Waals surface area contributed by atoms with Gasteiger partial charge in [0, 0.05) is 11.9 Å². The summed E-state index contributed by atoms with van der Waals surface area (Å²) in [6.07, 6.45) is -3.63. The molecule has 148 valence electrons. The molecule has 0 spiro atoms. The van der Waals surface area contributed by atoms with Crippen molar-refractivity contribution in [3.63, 3.8) is 0 Å². The number of rotatable bonds is 4. The first-order valence-electron chi connectivity index (χ1n) is 7.77. The topological polar surface area (TPSA) is 84.0 Å². The average Bonchev–Trinajstić information content (AvgIpc) is 2.93. The van der Waals surface area contributed by atoms with Crippen LogP contribution in [0.4, 0.5) is 23.2 Å². The SMILES string of the molecule is Cc1c[nH]c(=O)n1-c1ccccc1NS(=O)(=O)c1ccc(F)c(C(F)(F)F)c1. The van der Waals surface area contributed by atoms with Crippen molar-refractivity contribution in [3.8, 4) is 5.69 Å². The van der Waals surface area contributed by atoms with Gasteiger partial charge in [-0.1, -0.05) is 12.1 Å². The van der Waals surface area contributed by atoms with Crippen LogP contribution in [0.2, 0.25) is 0 Å². The van der Waals surface area contributed by atoms with E-state index >= 15 is 0 Å². The maximum atomic E-state index is 13.4.